The number of ether oxygens (including phenoxy) is 1. The summed E-state index contributed by atoms with van der Waals surface area (Å²) in [6.07, 6.45) is 1.79. The van der Waals surface area contributed by atoms with E-state index in [2.05, 4.69) is 64.7 Å². The second-order valence-corrected chi connectivity index (χ2v) is 9.56. The summed E-state index contributed by atoms with van der Waals surface area (Å²) in [6, 6.07) is 8.15. The molecule has 0 atom stereocenters. The summed E-state index contributed by atoms with van der Waals surface area (Å²) in [5.41, 5.74) is 4.23. The largest absolute Gasteiger partial charge is 0.507 e. The molecular formula is C24H33N3O2. The van der Waals surface area contributed by atoms with Crippen LogP contribution in [0.15, 0.2) is 30.5 Å². The van der Waals surface area contributed by atoms with Gasteiger partial charge in [0.1, 0.15) is 11.4 Å². The summed E-state index contributed by atoms with van der Waals surface area (Å²) in [6.45, 7) is 16.7. The van der Waals surface area contributed by atoms with E-state index >= 15 is 0 Å². The Balaban J connectivity index is 2.24. The van der Waals surface area contributed by atoms with Crippen LogP contribution < -0.4 is 0 Å². The normalized spacial score (nSPS) is 12.7. The standard InChI is InChI=1S/C24H33N3O2/c1-8-29-13-12-27-22-17(10-9-11-25-22)20(26-27)16-14-18(23(2,3)4)21(28)19(15-16)24(5,6)7/h9-11,14-15,28H,8,12-13H2,1-7H3. The number of fused-ring (bicyclic) bond motifs is 1. The van der Waals surface area contributed by atoms with Crippen molar-refractivity contribution in [1.29, 1.82) is 0 Å². The number of nitrogens with zero attached hydrogens (tertiary/aromatic N) is 3. The summed E-state index contributed by atoms with van der Waals surface area (Å²) in [5.74, 6) is 0.381. The van der Waals surface area contributed by atoms with E-state index in [0.717, 1.165) is 33.4 Å². The van der Waals surface area contributed by atoms with Crippen molar-refractivity contribution in [3.8, 4) is 17.0 Å². The van der Waals surface area contributed by atoms with Crippen molar-refractivity contribution in [3.05, 3.63) is 41.6 Å². The maximum absolute atomic E-state index is 11.0. The molecule has 0 radical (unpaired) electrons. The van der Waals surface area contributed by atoms with Crippen LogP contribution >= 0.6 is 0 Å². The molecule has 1 N–H and O–H groups in total. The lowest BCUT2D eigenvalue weighted by Crippen LogP contribution is -2.17. The Bertz CT molecular complexity index is 972. The van der Waals surface area contributed by atoms with Gasteiger partial charge < -0.3 is 9.84 Å². The molecule has 5 heteroatoms. The van der Waals surface area contributed by atoms with Crippen LogP contribution in [0.2, 0.25) is 0 Å². The van der Waals surface area contributed by atoms with Crippen molar-refractivity contribution < 1.29 is 9.84 Å². The van der Waals surface area contributed by atoms with Gasteiger partial charge in [-0.3, -0.25) is 0 Å². The number of rotatable bonds is 5. The Morgan fingerprint density at radius 1 is 1.03 bits per heavy atom. The van der Waals surface area contributed by atoms with Gasteiger partial charge in [-0.05, 0) is 42.0 Å². The Morgan fingerprint density at radius 3 is 2.21 bits per heavy atom. The van der Waals surface area contributed by atoms with Crippen LogP contribution in [0.25, 0.3) is 22.3 Å². The zero-order chi connectivity index (χ0) is 21.4. The number of hydrogen-bond donors (Lipinski definition) is 1. The van der Waals surface area contributed by atoms with Crippen LogP contribution in [-0.4, -0.2) is 33.1 Å². The molecule has 0 unspecified atom stereocenters. The topological polar surface area (TPSA) is 60.2 Å². The smallest absolute Gasteiger partial charge is 0.158 e. The zero-order valence-corrected chi connectivity index (χ0v) is 18.7. The predicted octanol–water partition coefficient (Wildman–Crippen LogP) is 5.44. The summed E-state index contributed by atoms with van der Waals surface area (Å²) in [7, 11) is 0. The fourth-order valence-corrected chi connectivity index (χ4v) is 3.59. The van der Waals surface area contributed by atoms with Gasteiger partial charge in [0.15, 0.2) is 5.65 Å². The molecular weight excluding hydrogens is 362 g/mol. The van der Waals surface area contributed by atoms with Crippen molar-refractivity contribution in [1.82, 2.24) is 14.8 Å². The minimum Gasteiger partial charge on any atom is -0.507 e. The van der Waals surface area contributed by atoms with Gasteiger partial charge in [0.2, 0.25) is 0 Å². The molecule has 0 bridgehead atoms. The molecule has 2 aromatic heterocycles. The summed E-state index contributed by atoms with van der Waals surface area (Å²) in [5, 5.41) is 16.9. The third-order valence-electron chi connectivity index (χ3n) is 5.16. The van der Waals surface area contributed by atoms with Gasteiger partial charge in [0.05, 0.1) is 13.2 Å². The van der Waals surface area contributed by atoms with Crippen LogP contribution in [0.1, 0.15) is 59.6 Å². The Morgan fingerprint density at radius 2 is 1.66 bits per heavy atom. The Labute approximate surface area is 173 Å². The molecule has 0 amide bonds. The molecule has 1 aromatic carbocycles. The average Bonchev–Trinajstić information content (AvgIpc) is 2.99. The highest BCUT2D eigenvalue weighted by atomic mass is 16.5. The molecule has 0 aliphatic heterocycles. The van der Waals surface area contributed by atoms with E-state index in [1.165, 1.54) is 0 Å². The number of benzene rings is 1. The second kappa shape index (κ2) is 7.79. The maximum atomic E-state index is 11.0. The van der Waals surface area contributed by atoms with Crippen molar-refractivity contribution in [2.75, 3.05) is 13.2 Å². The summed E-state index contributed by atoms with van der Waals surface area (Å²) >= 11 is 0. The molecule has 5 nitrogen and oxygen atoms in total. The first-order valence-electron chi connectivity index (χ1n) is 10.3. The van der Waals surface area contributed by atoms with Gasteiger partial charge in [-0.25, -0.2) is 9.67 Å². The van der Waals surface area contributed by atoms with E-state index < -0.39 is 0 Å². The number of pyridine rings is 1. The van der Waals surface area contributed by atoms with Crippen molar-refractivity contribution >= 4 is 11.0 Å². The molecule has 0 aliphatic carbocycles. The first-order chi connectivity index (χ1) is 13.5. The third kappa shape index (κ3) is 4.30. The zero-order valence-electron chi connectivity index (χ0n) is 18.7. The van der Waals surface area contributed by atoms with E-state index in [1.54, 1.807) is 6.20 Å². The Hall–Kier alpha value is -2.40. The highest BCUT2D eigenvalue weighted by Gasteiger charge is 2.28. The predicted molar refractivity (Wildman–Crippen MR) is 119 cm³/mol. The van der Waals surface area contributed by atoms with Crippen molar-refractivity contribution in [2.45, 2.75) is 65.8 Å². The minimum atomic E-state index is -0.189. The van der Waals surface area contributed by atoms with Gasteiger partial charge in [-0.1, -0.05) is 41.5 Å². The minimum absolute atomic E-state index is 0.189. The number of aromatic nitrogens is 3. The van der Waals surface area contributed by atoms with Crippen LogP contribution in [0, 0.1) is 0 Å². The SMILES string of the molecule is CCOCCn1nc(-c2cc(C(C)(C)C)c(O)c(C(C)(C)C)c2)c2cccnc21. The summed E-state index contributed by atoms with van der Waals surface area (Å²) < 4.78 is 7.44. The highest BCUT2D eigenvalue weighted by Crippen LogP contribution is 2.42. The van der Waals surface area contributed by atoms with E-state index in [1.807, 2.05) is 17.7 Å². The van der Waals surface area contributed by atoms with Crippen LogP contribution in [-0.2, 0) is 22.1 Å². The number of hydrogen-bond acceptors (Lipinski definition) is 4. The average molecular weight is 396 g/mol. The van der Waals surface area contributed by atoms with Crippen molar-refractivity contribution in [2.24, 2.45) is 0 Å². The highest BCUT2D eigenvalue weighted by molar-refractivity contribution is 5.91. The van der Waals surface area contributed by atoms with Crippen LogP contribution in [0.5, 0.6) is 5.75 Å². The van der Waals surface area contributed by atoms with E-state index in [0.29, 0.717) is 25.5 Å². The molecule has 0 spiro atoms. The molecule has 2 heterocycles. The first kappa shape index (κ1) is 21.3. The maximum Gasteiger partial charge on any atom is 0.158 e. The molecule has 3 aromatic rings. The van der Waals surface area contributed by atoms with Gasteiger partial charge in [-0.2, -0.15) is 5.10 Å². The number of aromatic hydroxyl groups is 1. The van der Waals surface area contributed by atoms with E-state index in [-0.39, 0.29) is 10.8 Å². The number of phenols is 1. The van der Waals surface area contributed by atoms with Gasteiger partial charge in [-0.15, -0.1) is 0 Å². The lowest BCUT2D eigenvalue weighted by molar-refractivity contribution is 0.137. The molecule has 0 aliphatic rings. The van der Waals surface area contributed by atoms with Crippen LogP contribution in [0.4, 0.5) is 0 Å². The molecule has 29 heavy (non-hydrogen) atoms. The first-order valence-corrected chi connectivity index (χ1v) is 10.3. The van der Waals surface area contributed by atoms with E-state index in [9.17, 15) is 5.11 Å². The molecule has 0 saturated carbocycles. The van der Waals surface area contributed by atoms with E-state index in [4.69, 9.17) is 9.84 Å². The van der Waals surface area contributed by atoms with Crippen LogP contribution in [0.3, 0.4) is 0 Å². The lowest BCUT2D eigenvalue weighted by Gasteiger charge is -2.28. The monoisotopic (exact) mass is 395 g/mol. The fourth-order valence-electron chi connectivity index (χ4n) is 3.59. The summed E-state index contributed by atoms with van der Waals surface area (Å²) in [4.78, 5) is 4.56. The third-order valence-corrected chi connectivity index (χ3v) is 5.16. The van der Waals surface area contributed by atoms with Gasteiger partial charge in [0, 0.05) is 34.9 Å². The molecule has 3 rings (SSSR count). The Kier molecular flexibility index (Phi) is 5.72. The molecule has 156 valence electrons. The fraction of sp³-hybridized carbons (Fsp3) is 0.500. The lowest BCUT2D eigenvalue weighted by atomic mass is 9.78. The molecule has 0 saturated heterocycles. The molecule has 0 fully saturated rings. The van der Waals surface area contributed by atoms with Crippen molar-refractivity contribution in [3.63, 3.8) is 0 Å². The number of phenolic OH excluding ortho intramolecular Hbond substituents is 1. The quantitative estimate of drug-likeness (QED) is 0.585. The second-order valence-electron chi connectivity index (χ2n) is 9.56. The van der Waals surface area contributed by atoms with Gasteiger partial charge in [0.25, 0.3) is 0 Å². The van der Waals surface area contributed by atoms with Gasteiger partial charge >= 0.3 is 0 Å².